The number of nitrogens with zero attached hydrogens (tertiary/aromatic N) is 3. The predicted octanol–water partition coefficient (Wildman–Crippen LogP) is 7.04. The highest BCUT2D eigenvalue weighted by Gasteiger charge is 2.29. The maximum absolute atomic E-state index is 12.3. The number of rotatable bonds is 12. The molecule has 2 heterocycles. The minimum absolute atomic E-state index is 0. The number of esters is 2. The van der Waals surface area contributed by atoms with Crippen molar-refractivity contribution in [3.8, 4) is 0 Å². The Morgan fingerprint density at radius 3 is 1.40 bits per heavy atom. The molecule has 0 spiro atoms. The van der Waals surface area contributed by atoms with Gasteiger partial charge in [-0.05, 0) is 139 Å². The summed E-state index contributed by atoms with van der Waals surface area (Å²) in [6.07, 6.45) is 6.02. The van der Waals surface area contributed by atoms with Gasteiger partial charge in [0.05, 0.1) is 35.5 Å². The fourth-order valence-corrected chi connectivity index (χ4v) is 3.66. The second kappa shape index (κ2) is 27.4. The lowest BCUT2D eigenvalue weighted by Gasteiger charge is -2.27. The lowest BCUT2D eigenvalue weighted by atomic mass is 10.1. The number of amides is 1. The van der Waals surface area contributed by atoms with Gasteiger partial charge in [-0.25, -0.2) is 4.79 Å². The van der Waals surface area contributed by atoms with E-state index in [1.807, 2.05) is 62.3 Å². The molecule has 0 fully saturated rings. The van der Waals surface area contributed by atoms with E-state index in [-0.39, 0.29) is 31.2 Å². The quantitative estimate of drug-likeness (QED) is 0.166. The van der Waals surface area contributed by atoms with Crippen LogP contribution in [0.3, 0.4) is 0 Å². The lowest BCUT2D eigenvalue weighted by Crippen LogP contribution is -2.48. The first-order valence-electron chi connectivity index (χ1n) is 18.2. The number of ether oxygens (including phenoxy) is 4. The van der Waals surface area contributed by atoms with Gasteiger partial charge >= 0.3 is 11.9 Å². The topological polar surface area (TPSA) is 172 Å². The summed E-state index contributed by atoms with van der Waals surface area (Å²) in [5, 5.41) is 2.18. The molecule has 0 radical (unpaired) electrons. The third-order valence-corrected chi connectivity index (χ3v) is 6.46. The third kappa shape index (κ3) is 32.7. The zero-order valence-corrected chi connectivity index (χ0v) is 37.4. The van der Waals surface area contributed by atoms with E-state index >= 15 is 0 Å². The van der Waals surface area contributed by atoms with Gasteiger partial charge in [0.15, 0.2) is 6.04 Å². The minimum Gasteiger partial charge on any atom is -0.459 e. The Hall–Kier alpha value is -3.20. The van der Waals surface area contributed by atoms with Crippen LogP contribution in [0.15, 0.2) is 49.1 Å². The molecule has 3 N–H and O–H groups in total. The molecule has 316 valence electrons. The van der Waals surface area contributed by atoms with Crippen LogP contribution in [0, 0.1) is 0 Å². The van der Waals surface area contributed by atoms with Gasteiger partial charge in [-0.3, -0.25) is 24.4 Å². The molecule has 0 aromatic carbocycles. The largest absolute Gasteiger partial charge is 0.459 e. The molecule has 2 rings (SSSR count). The van der Waals surface area contributed by atoms with Crippen LogP contribution in [-0.2, 0) is 28.5 Å². The smallest absolute Gasteiger partial charge is 0.331 e. The van der Waals surface area contributed by atoms with Crippen molar-refractivity contribution < 1.29 is 38.1 Å². The molecule has 1 amide bonds. The van der Waals surface area contributed by atoms with Crippen LogP contribution in [0.4, 0.5) is 0 Å². The van der Waals surface area contributed by atoms with Crippen LogP contribution in [-0.4, -0.2) is 105 Å². The van der Waals surface area contributed by atoms with Crippen LogP contribution < -0.4 is 11.1 Å². The minimum atomic E-state index is -0.888. The number of nitrogens with one attached hydrogen (secondary N) is 1. The average Bonchev–Trinajstić information content (AvgIpc) is 3.05. The molecule has 2 aromatic rings. The highest BCUT2D eigenvalue weighted by atomic mass is 35.5. The number of aromatic nitrogens is 2. The molecule has 0 aliphatic carbocycles. The molecule has 2 atom stereocenters. The molecule has 0 aliphatic rings. The van der Waals surface area contributed by atoms with Crippen molar-refractivity contribution in [2.24, 2.45) is 5.73 Å². The van der Waals surface area contributed by atoms with Gasteiger partial charge in [-0.15, -0.1) is 12.4 Å². The Balaban J connectivity index is -0.000000722. The Morgan fingerprint density at radius 1 is 0.691 bits per heavy atom. The van der Waals surface area contributed by atoms with Gasteiger partial charge in [-0.2, -0.15) is 0 Å². The second-order valence-corrected chi connectivity index (χ2v) is 16.3. The number of pyridine rings is 2. The number of nitrogens with two attached hydrogens (primary N) is 1. The first kappa shape index (κ1) is 56.1. The van der Waals surface area contributed by atoms with Crippen molar-refractivity contribution in [2.45, 2.75) is 138 Å². The fraction of sp³-hybridized carbons (Fsp3) is 0.650. The predicted molar refractivity (Wildman–Crippen MR) is 222 cm³/mol. The van der Waals surface area contributed by atoms with Crippen LogP contribution >= 0.6 is 24.0 Å². The summed E-state index contributed by atoms with van der Waals surface area (Å²) in [7, 11) is 0. The molecular formula is C40H69Cl2N5O8. The Bertz CT molecular complexity index is 1350. The number of hydrogen-bond acceptors (Lipinski definition) is 12. The zero-order chi connectivity index (χ0) is 42.3. The van der Waals surface area contributed by atoms with Gasteiger partial charge in [0.2, 0.25) is 0 Å². The molecule has 0 saturated heterocycles. The van der Waals surface area contributed by atoms with E-state index in [1.165, 1.54) is 32.0 Å². The number of carbonyl (C=O) groups excluding carboxylic acids is 4. The molecule has 0 bridgehead atoms. The van der Waals surface area contributed by atoms with Crippen molar-refractivity contribution in [2.75, 3.05) is 32.8 Å². The molecule has 55 heavy (non-hydrogen) atoms. The summed E-state index contributed by atoms with van der Waals surface area (Å²) in [6.45, 7) is 32.4. The van der Waals surface area contributed by atoms with Gasteiger partial charge in [0, 0.05) is 24.8 Å². The van der Waals surface area contributed by atoms with E-state index in [0.717, 1.165) is 0 Å². The van der Waals surface area contributed by atoms with Crippen molar-refractivity contribution in [3.63, 3.8) is 0 Å². The highest BCUT2D eigenvalue weighted by Crippen LogP contribution is 2.13. The number of carbonyl (C=O) groups is 4. The second-order valence-electron chi connectivity index (χ2n) is 15.9. The maximum Gasteiger partial charge on any atom is 0.331 e. The van der Waals surface area contributed by atoms with E-state index in [4.69, 9.17) is 36.3 Å². The molecular weight excluding hydrogens is 749 g/mol. The molecule has 2 aromatic heterocycles. The number of halogens is 2. The maximum atomic E-state index is 12.3. The van der Waals surface area contributed by atoms with Crippen molar-refractivity contribution in [1.29, 1.82) is 0 Å². The molecule has 15 heteroatoms. The van der Waals surface area contributed by atoms with Crippen LogP contribution in [0.25, 0.3) is 0 Å². The van der Waals surface area contributed by atoms with E-state index in [2.05, 4.69) is 41.0 Å². The zero-order valence-electron chi connectivity index (χ0n) is 35.8. The first-order valence-corrected chi connectivity index (χ1v) is 18.5. The first-order chi connectivity index (χ1) is 24.6. The van der Waals surface area contributed by atoms with E-state index in [9.17, 15) is 19.2 Å². The summed E-state index contributed by atoms with van der Waals surface area (Å²) in [6, 6.07) is 4.95. The summed E-state index contributed by atoms with van der Waals surface area (Å²) in [4.78, 5) is 56.3. The van der Waals surface area contributed by atoms with Crippen LogP contribution in [0.5, 0.6) is 0 Å². The average molecular weight is 819 g/mol. The normalized spacial score (nSPS) is 12.4. The summed E-state index contributed by atoms with van der Waals surface area (Å²) < 4.78 is 21.5. The van der Waals surface area contributed by atoms with Gasteiger partial charge < -0.3 is 34.9 Å². The molecule has 0 aliphatic heterocycles. The fourth-order valence-electron chi connectivity index (χ4n) is 3.55. The van der Waals surface area contributed by atoms with E-state index < -0.39 is 52.0 Å². The Kier molecular flexibility index (Phi) is 28.0. The summed E-state index contributed by atoms with van der Waals surface area (Å²) in [5.74, 6) is -1.35. The SMILES string of the molecule is CC(C)(C)OC[C@H](N)C(=O)OC(C)(C)C.CC(C)(C)OC[C@H](NC(=O)c1cccnc1)C(=O)OC(C)(C)C.CCN(CC)CC.Cl.O=C(Cl)c1cccnc1. The van der Waals surface area contributed by atoms with Crippen molar-refractivity contribution in [3.05, 3.63) is 60.2 Å². The lowest BCUT2D eigenvalue weighted by molar-refractivity contribution is -0.161. The van der Waals surface area contributed by atoms with E-state index in [1.54, 1.807) is 57.4 Å². The van der Waals surface area contributed by atoms with Gasteiger partial charge in [0.25, 0.3) is 11.1 Å². The van der Waals surface area contributed by atoms with Gasteiger partial charge in [0.1, 0.15) is 17.2 Å². The summed E-state index contributed by atoms with van der Waals surface area (Å²) in [5.41, 5.74) is 4.56. The highest BCUT2D eigenvalue weighted by molar-refractivity contribution is 6.67. The molecule has 13 nitrogen and oxygen atoms in total. The van der Waals surface area contributed by atoms with Crippen LogP contribution in [0.2, 0.25) is 0 Å². The molecule has 0 saturated carbocycles. The van der Waals surface area contributed by atoms with Crippen molar-refractivity contribution >= 4 is 47.1 Å². The Morgan fingerprint density at radius 2 is 1.09 bits per heavy atom. The Labute approximate surface area is 341 Å². The molecule has 0 unspecified atom stereocenters. The standard InChI is InChI=1S/C17H26N2O4.C11H23NO3.C6H4ClNO.C6H15N.ClH/c1-16(2,3)22-11-13(15(21)23-17(4,5)6)19-14(20)12-8-7-9-18-10-12;1-10(2,3)14-7-8(12)9(13)15-11(4,5)6;7-6(9)5-2-1-3-8-4-5;1-4-7(5-2)6-3;/h7-10,13H,11H2,1-6H3,(H,19,20);8H,7,12H2,1-6H3;1-4H;4-6H2,1-3H3;1H/t13-;8-;;;/m00.../s1. The van der Waals surface area contributed by atoms with Crippen molar-refractivity contribution in [1.82, 2.24) is 20.2 Å². The van der Waals surface area contributed by atoms with E-state index in [0.29, 0.717) is 11.1 Å². The third-order valence-electron chi connectivity index (χ3n) is 6.24. The van der Waals surface area contributed by atoms with Crippen LogP contribution in [0.1, 0.15) is 125 Å². The monoisotopic (exact) mass is 817 g/mol. The number of hydrogen-bond donors (Lipinski definition) is 2. The summed E-state index contributed by atoms with van der Waals surface area (Å²) >= 11 is 5.12. The van der Waals surface area contributed by atoms with Gasteiger partial charge in [-0.1, -0.05) is 20.8 Å².